The van der Waals surface area contributed by atoms with E-state index in [-0.39, 0.29) is 5.69 Å². The molecule has 0 spiro atoms. The normalized spacial score (nSPS) is 16.1. The molecule has 6 nitrogen and oxygen atoms in total. The van der Waals surface area contributed by atoms with E-state index in [1.165, 1.54) is 12.1 Å². The number of benzene rings is 1. The highest BCUT2D eigenvalue weighted by Gasteiger charge is 2.11. The first-order valence-corrected chi connectivity index (χ1v) is 6.78. The third-order valence-corrected chi connectivity index (χ3v) is 3.34. The molecule has 0 aliphatic carbocycles. The van der Waals surface area contributed by atoms with Gasteiger partial charge in [0.15, 0.2) is 5.82 Å². The average molecular weight is 282 g/mol. The van der Waals surface area contributed by atoms with Gasteiger partial charge >= 0.3 is 0 Å². The maximum absolute atomic E-state index is 13.6. The second-order valence-corrected chi connectivity index (χ2v) is 4.79. The summed E-state index contributed by atoms with van der Waals surface area (Å²) in [4.78, 5) is 12.3. The number of anilines is 1. The van der Waals surface area contributed by atoms with Crippen molar-refractivity contribution >= 4 is 11.4 Å². The smallest absolute Gasteiger partial charge is 0.272 e. The maximum Gasteiger partial charge on any atom is 0.272 e. The van der Waals surface area contributed by atoms with Crippen LogP contribution in [0.1, 0.15) is 6.42 Å². The van der Waals surface area contributed by atoms with Gasteiger partial charge in [-0.1, -0.05) is 0 Å². The van der Waals surface area contributed by atoms with Crippen LogP contribution in [0.2, 0.25) is 0 Å². The molecule has 1 aromatic rings. The Hall–Kier alpha value is -1.73. The highest BCUT2D eigenvalue weighted by atomic mass is 19.1. The molecule has 0 saturated carbocycles. The lowest BCUT2D eigenvalue weighted by atomic mass is 10.2. The molecule has 1 aliphatic heterocycles. The fourth-order valence-corrected chi connectivity index (χ4v) is 2.22. The number of halogens is 1. The molecular weight excluding hydrogens is 263 g/mol. The Balaban J connectivity index is 1.74. The first-order valence-electron chi connectivity index (χ1n) is 6.78. The number of nitrogens with one attached hydrogen (secondary N) is 2. The van der Waals surface area contributed by atoms with Gasteiger partial charge in [-0.3, -0.25) is 10.1 Å². The van der Waals surface area contributed by atoms with Crippen molar-refractivity contribution in [2.45, 2.75) is 6.42 Å². The van der Waals surface area contributed by atoms with Crippen molar-refractivity contribution in [2.24, 2.45) is 0 Å². The maximum atomic E-state index is 13.6. The number of nitro groups is 1. The monoisotopic (exact) mass is 282 g/mol. The van der Waals surface area contributed by atoms with Gasteiger partial charge in [0, 0.05) is 38.8 Å². The van der Waals surface area contributed by atoms with Crippen molar-refractivity contribution in [1.82, 2.24) is 10.2 Å². The van der Waals surface area contributed by atoms with Crippen LogP contribution in [0.15, 0.2) is 18.2 Å². The summed E-state index contributed by atoms with van der Waals surface area (Å²) in [7, 11) is 0. The summed E-state index contributed by atoms with van der Waals surface area (Å²) >= 11 is 0. The summed E-state index contributed by atoms with van der Waals surface area (Å²) in [6.07, 6.45) is 0.913. The molecule has 7 heteroatoms. The Labute approximate surface area is 117 Å². The molecule has 0 aromatic heterocycles. The van der Waals surface area contributed by atoms with Crippen LogP contribution >= 0.6 is 0 Å². The summed E-state index contributed by atoms with van der Waals surface area (Å²) in [6.45, 7) is 5.76. The van der Waals surface area contributed by atoms with Crippen LogP contribution in [0.5, 0.6) is 0 Å². The summed E-state index contributed by atoms with van der Waals surface area (Å²) in [5.74, 6) is -0.582. The quantitative estimate of drug-likeness (QED) is 0.469. The SMILES string of the molecule is O=[N+]([O-])c1ccc(NCCCN2CCNCC2)c(F)c1. The molecule has 1 heterocycles. The van der Waals surface area contributed by atoms with Gasteiger partial charge < -0.3 is 15.5 Å². The molecule has 110 valence electrons. The Morgan fingerprint density at radius 3 is 2.80 bits per heavy atom. The van der Waals surface area contributed by atoms with E-state index < -0.39 is 10.7 Å². The zero-order chi connectivity index (χ0) is 14.4. The van der Waals surface area contributed by atoms with Gasteiger partial charge in [-0.15, -0.1) is 0 Å². The minimum absolute atomic E-state index is 0.228. The number of non-ortho nitro benzene ring substituents is 1. The van der Waals surface area contributed by atoms with E-state index >= 15 is 0 Å². The largest absolute Gasteiger partial charge is 0.383 e. The number of nitro benzene ring substituents is 1. The Morgan fingerprint density at radius 2 is 2.15 bits per heavy atom. The van der Waals surface area contributed by atoms with E-state index in [0.29, 0.717) is 12.2 Å². The molecule has 1 aromatic carbocycles. The molecule has 0 amide bonds. The highest BCUT2D eigenvalue weighted by molar-refractivity contribution is 5.49. The van der Waals surface area contributed by atoms with Gasteiger partial charge in [-0.25, -0.2) is 4.39 Å². The van der Waals surface area contributed by atoms with E-state index in [1.54, 1.807) is 0 Å². The lowest BCUT2D eigenvalue weighted by Gasteiger charge is -2.27. The topological polar surface area (TPSA) is 70.4 Å². The van der Waals surface area contributed by atoms with Gasteiger partial charge in [-0.05, 0) is 19.0 Å². The lowest BCUT2D eigenvalue weighted by Crippen LogP contribution is -2.44. The molecule has 1 fully saturated rings. The number of hydrogen-bond acceptors (Lipinski definition) is 5. The van der Waals surface area contributed by atoms with Gasteiger partial charge in [0.2, 0.25) is 0 Å². The standard InChI is InChI=1S/C13H19FN4O2/c14-12-10-11(18(19)20)2-3-13(12)16-4-1-7-17-8-5-15-6-9-17/h2-3,10,15-16H,1,4-9H2. The third-order valence-electron chi connectivity index (χ3n) is 3.34. The molecule has 0 bridgehead atoms. The Kier molecular flexibility index (Phi) is 5.25. The van der Waals surface area contributed by atoms with E-state index in [9.17, 15) is 14.5 Å². The number of piperazine rings is 1. The molecular formula is C13H19FN4O2. The summed E-state index contributed by atoms with van der Waals surface area (Å²) < 4.78 is 13.6. The number of hydrogen-bond donors (Lipinski definition) is 2. The van der Waals surface area contributed by atoms with Crippen LogP contribution in [0, 0.1) is 15.9 Å². The molecule has 20 heavy (non-hydrogen) atoms. The van der Waals surface area contributed by atoms with Gasteiger partial charge in [-0.2, -0.15) is 0 Å². The van der Waals surface area contributed by atoms with Crippen molar-refractivity contribution in [3.63, 3.8) is 0 Å². The first-order chi connectivity index (χ1) is 9.66. The molecule has 0 unspecified atom stereocenters. The molecule has 1 saturated heterocycles. The predicted octanol–water partition coefficient (Wildman–Crippen LogP) is 1.44. The van der Waals surface area contributed by atoms with E-state index in [1.807, 2.05) is 0 Å². The minimum atomic E-state index is -0.600. The van der Waals surface area contributed by atoms with Crippen LogP contribution in [0.4, 0.5) is 15.8 Å². The summed E-state index contributed by atoms with van der Waals surface area (Å²) in [6, 6.07) is 3.67. The van der Waals surface area contributed by atoms with Crippen LogP contribution in [0.25, 0.3) is 0 Å². The van der Waals surface area contributed by atoms with Crippen LogP contribution in [0.3, 0.4) is 0 Å². The second kappa shape index (κ2) is 7.16. The predicted molar refractivity (Wildman–Crippen MR) is 75.5 cm³/mol. The van der Waals surface area contributed by atoms with E-state index in [0.717, 1.165) is 45.2 Å². The second-order valence-electron chi connectivity index (χ2n) is 4.79. The Bertz CT molecular complexity index is 464. The zero-order valence-electron chi connectivity index (χ0n) is 11.3. The van der Waals surface area contributed by atoms with Crippen molar-refractivity contribution in [1.29, 1.82) is 0 Å². The summed E-state index contributed by atoms with van der Waals surface area (Å²) in [5.41, 5.74) is 0.0878. The molecule has 1 aliphatic rings. The van der Waals surface area contributed by atoms with Crippen LogP contribution in [-0.4, -0.2) is 49.1 Å². The van der Waals surface area contributed by atoms with Crippen molar-refractivity contribution in [3.05, 3.63) is 34.1 Å². The van der Waals surface area contributed by atoms with Crippen molar-refractivity contribution in [2.75, 3.05) is 44.6 Å². The lowest BCUT2D eigenvalue weighted by molar-refractivity contribution is -0.385. The fraction of sp³-hybridized carbons (Fsp3) is 0.538. The van der Waals surface area contributed by atoms with Crippen LogP contribution < -0.4 is 10.6 Å². The van der Waals surface area contributed by atoms with Gasteiger partial charge in [0.1, 0.15) is 0 Å². The fourth-order valence-electron chi connectivity index (χ4n) is 2.22. The average Bonchev–Trinajstić information content (AvgIpc) is 2.46. The minimum Gasteiger partial charge on any atom is -0.383 e. The van der Waals surface area contributed by atoms with Gasteiger partial charge in [0.25, 0.3) is 5.69 Å². The summed E-state index contributed by atoms with van der Waals surface area (Å²) in [5, 5.41) is 16.8. The van der Waals surface area contributed by atoms with Crippen LogP contribution in [-0.2, 0) is 0 Å². The zero-order valence-corrected chi connectivity index (χ0v) is 11.3. The first kappa shape index (κ1) is 14.7. The number of rotatable bonds is 6. The van der Waals surface area contributed by atoms with Gasteiger partial charge in [0.05, 0.1) is 16.7 Å². The highest BCUT2D eigenvalue weighted by Crippen LogP contribution is 2.20. The third kappa shape index (κ3) is 4.14. The number of nitrogens with zero attached hydrogens (tertiary/aromatic N) is 2. The van der Waals surface area contributed by atoms with Crippen molar-refractivity contribution < 1.29 is 9.31 Å². The van der Waals surface area contributed by atoms with Crippen molar-refractivity contribution in [3.8, 4) is 0 Å². The Morgan fingerprint density at radius 1 is 1.40 bits per heavy atom. The molecule has 0 radical (unpaired) electrons. The molecule has 2 rings (SSSR count). The molecule has 0 atom stereocenters. The van der Waals surface area contributed by atoms with E-state index in [4.69, 9.17) is 0 Å². The molecule has 2 N–H and O–H groups in total. The van der Waals surface area contributed by atoms with E-state index in [2.05, 4.69) is 15.5 Å².